The van der Waals surface area contributed by atoms with E-state index in [4.69, 9.17) is 5.26 Å². The average Bonchev–Trinajstić information content (AvgIpc) is 2.35. The van der Waals surface area contributed by atoms with Crippen molar-refractivity contribution in [2.24, 2.45) is 0 Å². The zero-order valence-electron chi connectivity index (χ0n) is 9.41. The third-order valence-corrected chi connectivity index (χ3v) is 2.00. The SMILES string of the molecule is N#CCNC(=O)C(=O)Nc1ccc(C(F)(F)F)cc1. The van der Waals surface area contributed by atoms with Crippen LogP contribution in [-0.4, -0.2) is 18.4 Å². The number of alkyl halides is 3. The maximum atomic E-state index is 12.3. The van der Waals surface area contributed by atoms with E-state index >= 15 is 0 Å². The van der Waals surface area contributed by atoms with Gasteiger partial charge in [0.15, 0.2) is 0 Å². The molecule has 0 aromatic heterocycles. The van der Waals surface area contributed by atoms with E-state index in [0.29, 0.717) is 0 Å². The molecule has 0 fully saturated rings. The molecule has 8 heteroatoms. The first-order valence-electron chi connectivity index (χ1n) is 4.98. The normalized spacial score (nSPS) is 10.4. The Morgan fingerprint density at radius 2 is 1.74 bits per heavy atom. The van der Waals surface area contributed by atoms with E-state index in [9.17, 15) is 22.8 Å². The Hall–Kier alpha value is -2.56. The lowest BCUT2D eigenvalue weighted by molar-refractivity contribution is -0.137. The number of benzene rings is 1. The molecular formula is C11H8F3N3O2. The summed E-state index contributed by atoms with van der Waals surface area (Å²) in [5.74, 6) is -2.10. The summed E-state index contributed by atoms with van der Waals surface area (Å²) in [5.41, 5.74) is -0.815. The molecule has 100 valence electrons. The van der Waals surface area contributed by atoms with E-state index in [0.717, 1.165) is 24.3 Å². The molecule has 0 saturated heterocycles. The van der Waals surface area contributed by atoms with Gasteiger partial charge in [-0.2, -0.15) is 18.4 Å². The van der Waals surface area contributed by atoms with Gasteiger partial charge in [-0.15, -0.1) is 0 Å². The molecule has 0 heterocycles. The van der Waals surface area contributed by atoms with Crippen LogP contribution < -0.4 is 10.6 Å². The van der Waals surface area contributed by atoms with E-state index in [1.54, 1.807) is 6.07 Å². The van der Waals surface area contributed by atoms with Crippen molar-refractivity contribution in [3.8, 4) is 6.07 Å². The maximum Gasteiger partial charge on any atom is 0.416 e. The number of nitrogens with zero attached hydrogens (tertiary/aromatic N) is 1. The highest BCUT2D eigenvalue weighted by Gasteiger charge is 2.30. The molecule has 0 radical (unpaired) electrons. The van der Waals surface area contributed by atoms with Crippen LogP contribution in [0.3, 0.4) is 0 Å². The van der Waals surface area contributed by atoms with Gasteiger partial charge in [0.05, 0.1) is 11.6 Å². The highest BCUT2D eigenvalue weighted by atomic mass is 19.4. The first kappa shape index (κ1) is 14.5. The third kappa shape index (κ3) is 4.31. The summed E-state index contributed by atoms with van der Waals surface area (Å²) in [6.07, 6.45) is -4.47. The summed E-state index contributed by atoms with van der Waals surface area (Å²) in [6, 6.07) is 5.22. The summed E-state index contributed by atoms with van der Waals surface area (Å²) in [4.78, 5) is 22.3. The second-order valence-electron chi connectivity index (χ2n) is 3.37. The molecule has 0 saturated carbocycles. The van der Waals surface area contributed by atoms with Crippen molar-refractivity contribution >= 4 is 17.5 Å². The molecule has 0 spiro atoms. The minimum absolute atomic E-state index is 0.0464. The second-order valence-corrected chi connectivity index (χ2v) is 3.37. The van der Waals surface area contributed by atoms with Crippen molar-refractivity contribution in [2.75, 3.05) is 11.9 Å². The van der Waals surface area contributed by atoms with Gasteiger partial charge in [0.25, 0.3) is 0 Å². The van der Waals surface area contributed by atoms with Crippen molar-refractivity contribution in [1.82, 2.24) is 5.32 Å². The Balaban J connectivity index is 2.66. The Morgan fingerprint density at radius 1 is 1.16 bits per heavy atom. The molecular weight excluding hydrogens is 263 g/mol. The van der Waals surface area contributed by atoms with Gasteiger partial charge in [0.2, 0.25) is 0 Å². The monoisotopic (exact) mass is 271 g/mol. The zero-order chi connectivity index (χ0) is 14.5. The number of halogens is 3. The van der Waals surface area contributed by atoms with Crippen LogP contribution in [0.2, 0.25) is 0 Å². The molecule has 1 aromatic rings. The first-order chi connectivity index (χ1) is 8.84. The van der Waals surface area contributed by atoms with E-state index in [1.165, 1.54) is 0 Å². The Bertz CT molecular complexity index is 517. The minimum Gasteiger partial charge on any atom is -0.335 e. The highest BCUT2D eigenvalue weighted by Crippen LogP contribution is 2.29. The standard InChI is InChI=1S/C11H8F3N3O2/c12-11(13,14)7-1-3-8(4-2-7)17-10(19)9(18)16-6-5-15/h1-4H,6H2,(H,16,18)(H,17,19). The van der Waals surface area contributed by atoms with Gasteiger partial charge in [-0.25, -0.2) is 0 Å². The van der Waals surface area contributed by atoms with E-state index in [2.05, 4.69) is 5.32 Å². The van der Waals surface area contributed by atoms with Crippen LogP contribution in [0.5, 0.6) is 0 Å². The minimum atomic E-state index is -4.47. The topological polar surface area (TPSA) is 82.0 Å². The van der Waals surface area contributed by atoms with Crippen LogP contribution in [-0.2, 0) is 15.8 Å². The molecule has 2 amide bonds. The molecule has 0 aliphatic carbocycles. The largest absolute Gasteiger partial charge is 0.416 e. The molecule has 0 aliphatic heterocycles. The van der Waals surface area contributed by atoms with E-state index in [1.807, 2.05) is 5.32 Å². The third-order valence-electron chi connectivity index (χ3n) is 2.00. The van der Waals surface area contributed by atoms with Crippen molar-refractivity contribution in [2.45, 2.75) is 6.18 Å². The van der Waals surface area contributed by atoms with Crippen LogP contribution >= 0.6 is 0 Å². The van der Waals surface area contributed by atoms with E-state index < -0.39 is 23.6 Å². The predicted molar refractivity (Wildman–Crippen MR) is 58.7 cm³/mol. The van der Waals surface area contributed by atoms with Crippen molar-refractivity contribution in [3.63, 3.8) is 0 Å². The summed E-state index contributed by atoms with van der Waals surface area (Å²) in [7, 11) is 0. The fourth-order valence-corrected chi connectivity index (χ4v) is 1.13. The van der Waals surface area contributed by atoms with Crippen molar-refractivity contribution in [3.05, 3.63) is 29.8 Å². The molecule has 0 atom stereocenters. The fourth-order valence-electron chi connectivity index (χ4n) is 1.13. The second kappa shape index (κ2) is 5.86. The summed E-state index contributed by atoms with van der Waals surface area (Å²) < 4.78 is 36.8. The lowest BCUT2D eigenvalue weighted by Gasteiger charge is -2.08. The van der Waals surface area contributed by atoms with Crippen LogP contribution in [0, 0.1) is 11.3 Å². The van der Waals surface area contributed by atoms with Gasteiger partial charge in [-0.1, -0.05) is 0 Å². The lowest BCUT2D eigenvalue weighted by atomic mass is 10.2. The molecule has 1 aromatic carbocycles. The number of hydrogen-bond donors (Lipinski definition) is 2. The molecule has 5 nitrogen and oxygen atoms in total. The van der Waals surface area contributed by atoms with Crippen LogP contribution in [0.1, 0.15) is 5.56 Å². The van der Waals surface area contributed by atoms with Gasteiger partial charge in [-0.3, -0.25) is 9.59 Å². The summed E-state index contributed by atoms with van der Waals surface area (Å²) in [5, 5.41) is 12.3. The highest BCUT2D eigenvalue weighted by molar-refractivity contribution is 6.39. The number of rotatable bonds is 2. The van der Waals surface area contributed by atoms with Gasteiger partial charge >= 0.3 is 18.0 Å². The lowest BCUT2D eigenvalue weighted by Crippen LogP contribution is -2.35. The number of anilines is 1. The number of amides is 2. The Kier molecular flexibility index (Phi) is 4.47. The van der Waals surface area contributed by atoms with Crippen LogP contribution in [0.25, 0.3) is 0 Å². The molecule has 0 aliphatic rings. The summed E-state index contributed by atoms with van der Waals surface area (Å²) >= 11 is 0. The summed E-state index contributed by atoms with van der Waals surface area (Å²) in [6.45, 7) is -0.334. The van der Waals surface area contributed by atoms with Crippen molar-refractivity contribution in [1.29, 1.82) is 5.26 Å². The smallest absolute Gasteiger partial charge is 0.335 e. The Labute approximate surface area is 106 Å². The van der Waals surface area contributed by atoms with Gasteiger partial charge in [0.1, 0.15) is 6.54 Å². The Morgan fingerprint density at radius 3 is 2.21 bits per heavy atom. The predicted octanol–water partition coefficient (Wildman–Crippen LogP) is 1.28. The zero-order valence-corrected chi connectivity index (χ0v) is 9.41. The number of nitrogens with one attached hydrogen (secondary N) is 2. The number of nitriles is 1. The molecule has 0 unspecified atom stereocenters. The van der Waals surface area contributed by atoms with Gasteiger partial charge in [-0.05, 0) is 24.3 Å². The van der Waals surface area contributed by atoms with Gasteiger partial charge < -0.3 is 10.6 Å². The van der Waals surface area contributed by atoms with Crippen LogP contribution in [0.15, 0.2) is 24.3 Å². The quantitative estimate of drug-likeness (QED) is 0.628. The first-order valence-corrected chi connectivity index (χ1v) is 4.98. The van der Waals surface area contributed by atoms with Crippen molar-refractivity contribution < 1.29 is 22.8 Å². The fraction of sp³-hybridized carbons (Fsp3) is 0.182. The molecule has 0 bridgehead atoms. The van der Waals surface area contributed by atoms with E-state index in [-0.39, 0.29) is 12.2 Å². The molecule has 19 heavy (non-hydrogen) atoms. The molecule has 2 N–H and O–H groups in total. The number of hydrogen-bond acceptors (Lipinski definition) is 3. The number of carbonyl (C=O) groups excluding carboxylic acids is 2. The number of carbonyl (C=O) groups is 2. The average molecular weight is 271 g/mol. The van der Waals surface area contributed by atoms with Gasteiger partial charge in [0, 0.05) is 5.69 Å². The van der Waals surface area contributed by atoms with Crippen LogP contribution in [0.4, 0.5) is 18.9 Å². The maximum absolute atomic E-state index is 12.3. The molecule has 1 rings (SSSR count).